The summed E-state index contributed by atoms with van der Waals surface area (Å²) in [5.74, 6) is -0.558. The van der Waals surface area contributed by atoms with Crippen LogP contribution in [0.3, 0.4) is 0 Å². The molecule has 3 aromatic rings. The number of sulfonamides is 2. The van der Waals surface area contributed by atoms with Crippen LogP contribution in [0.2, 0.25) is 0 Å². The van der Waals surface area contributed by atoms with Crippen LogP contribution in [0.5, 0.6) is 0 Å². The van der Waals surface area contributed by atoms with Crippen molar-refractivity contribution in [2.75, 3.05) is 27.1 Å². The molecule has 0 saturated carbocycles. The van der Waals surface area contributed by atoms with Gasteiger partial charge in [-0.05, 0) is 68.3 Å². The van der Waals surface area contributed by atoms with E-state index in [2.05, 4.69) is 10.0 Å². The first-order valence-electron chi connectivity index (χ1n) is 10.4. The van der Waals surface area contributed by atoms with Crippen LogP contribution in [-0.2, 0) is 24.8 Å². The highest BCUT2D eigenvalue weighted by molar-refractivity contribution is 7.92. The van der Waals surface area contributed by atoms with Crippen LogP contribution in [0.25, 0.3) is 0 Å². The normalized spacial score (nSPS) is 11.6. The Hall–Kier alpha value is -3.37. The Labute approximate surface area is 200 Å². The largest absolute Gasteiger partial charge is 0.325 e. The molecule has 0 radical (unpaired) electrons. The molecule has 0 heterocycles. The molecule has 10 heteroatoms. The van der Waals surface area contributed by atoms with E-state index < -0.39 is 32.5 Å². The summed E-state index contributed by atoms with van der Waals surface area (Å²) in [7, 11) is -7.53. The van der Waals surface area contributed by atoms with Gasteiger partial charge in [-0.25, -0.2) is 16.8 Å². The lowest BCUT2D eigenvalue weighted by molar-refractivity contribution is -0.114. The van der Waals surface area contributed by atoms with Crippen molar-refractivity contribution in [2.24, 2.45) is 0 Å². The lowest BCUT2D eigenvalue weighted by Crippen LogP contribution is -2.37. The molecule has 34 heavy (non-hydrogen) atoms. The number of rotatable bonds is 8. The Bertz CT molecular complexity index is 1420. The third-order valence-electron chi connectivity index (χ3n) is 5.15. The first-order chi connectivity index (χ1) is 15.9. The minimum atomic E-state index is -3.82. The predicted molar refractivity (Wildman–Crippen MR) is 135 cm³/mol. The molecule has 1 amide bonds. The van der Waals surface area contributed by atoms with Gasteiger partial charge in [-0.15, -0.1) is 0 Å². The Balaban J connectivity index is 1.73. The summed E-state index contributed by atoms with van der Waals surface area (Å²) in [6, 6.07) is 17.9. The Kier molecular flexibility index (Phi) is 7.32. The Morgan fingerprint density at radius 3 is 2.09 bits per heavy atom. The van der Waals surface area contributed by atoms with E-state index in [1.807, 2.05) is 26.0 Å². The monoisotopic (exact) mass is 501 g/mol. The number of anilines is 3. The molecule has 0 aliphatic heterocycles. The fourth-order valence-corrected chi connectivity index (χ4v) is 5.45. The highest BCUT2D eigenvalue weighted by atomic mass is 32.2. The third-order valence-corrected chi connectivity index (χ3v) is 7.65. The third kappa shape index (κ3) is 6.15. The van der Waals surface area contributed by atoms with E-state index in [0.717, 1.165) is 21.7 Å². The number of carbonyl (C=O) groups is 1. The zero-order valence-electron chi connectivity index (χ0n) is 19.4. The minimum Gasteiger partial charge on any atom is -0.325 e. The average Bonchev–Trinajstić information content (AvgIpc) is 2.74. The Morgan fingerprint density at radius 1 is 0.853 bits per heavy atom. The highest BCUT2D eigenvalue weighted by Crippen LogP contribution is 2.23. The number of para-hydroxylation sites is 1. The van der Waals surface area contributed by atoms with Crippen LogP contribution in [-0.4, -0.2) is 35.5 Å². The first kappa shape index (κ1) is 25.3. The number of hydrogen-bond acceptors (Lipinski definition) is 5. The van der Waals surface area contributed by atoms with Crippen molar-refractivity contribution in [3.8, 4) is 0 Å². The molecular formula is C24H27N3O5S2. The van der Waals surface area contributed by atoms with Crippen LogP contribution in [0, 0.1) is 20.8 Å². The summed E-state index contributed by atoms with van der Waals surface area (Å²) in [5.41, 5.74) is 3.79. The van der Waals surface area contributed by atoms with Crippen molar-refractivity contribution in [2.45, 2.75) is 25.7 Å². The molecule has 0 atom stereocenters. The second kappa shape index (κ2) is 9.86. The summed E-state index contributed by atoms with van der Waals surface area (Å²) < 4.78 is 53.7. The van der Waals surface area contributed by atoms with Crippen molar-refractivity contribution in [3.05, 3.63) is 83.4 Å². The molecule has 0 aliphatic rings. The fourth-order valence-electron chi connectivity index (χ4n) is 3.40. The highest BCUT2D eigenvalue weighted by Gasteiger charge is 2.22. The number of hydrogen-bond donors (Lipinski definition) is 2. The summed E-state index contributed by atoms with van der Waals surface area (Å²) in [6.45, 7) is 5.09. The van der Waals surface area contributed by atoms with Crippen molar-refractivity contribution < 1.29 is 21.6 Å². The van der Waals surface area contributed by atoms with E-state index in [4.69, 9.17) is 0 Å². The molecule has 0 spiro atoms. The standard InChI is InChI=1S/C24H27N3O5S2/c1-17-9-14-22(19(3)15-17)26-34(31,32)21-12-10-20(11-13-21)25-24(28)16-27(33(4,29)30)23-8-6-5-7-18(23)2/h5-15,26H,16H2,1-4H3,(H,25,28). The number of nitrogens with one attached hydrogen (secondary N) is 2. The van der Waals surface area contributed by atoms with Gasteiger partial charge in [0.05, 0.1) is 22.5 Å². The molecule has 0 fully saturated rings. The number of benzene rings is 3. The smallest absolute Gasteiger partial charge is 0.261 e. The van der Waals surface area contributed by atoms with Crippen LogP contribution in [0.4, 0.5) is 17.1 Å². The van der Waals surface area contributed by atoms with Gasteiger partial charge in [0.2, 0.25) is 15.9 Å². The van der Waals surface area contributed by atoms with Gasteiger partial charge in [0.1, 0.15) is 6.54 Å². The topological polar surface area (TPSA) is 113 Å². The lowest BCUT2D eigenvalue weighted by Gasteiger charge is -2.23. The lowest BCUT2D eigenvalue weighted by atomic mass is 10.1. The molecule has 8 nitrogen and oxygen atoms in total. The maximum Gasteiger partial charge on any atom is 0.261 e. The number of carbonyl (C=O) groups excluding carboxylic acids is 1. The molecule has 0 unspecified atom stereocenters. The summed E-state index contributed by atoms with van der Waals surface area (Å²) in [5, 5.41) is 2.62. The SMILES string of the molecule is Cc1ccc(NS(=O)(=O)c2ccc(NC(=O)CN(c3ccccc3C)S(C)(=O)=O)cc2)c(C)c1. The van der Waals surface area contributed by atoms with Crippen LogP contribution in [0.15, 0.2) is 71.6 Å². The number of amides is 1. The van der Waals surface area contributed by atoms with Gasteiger partial charge in [-0.2, -0.15) is 0 Å². The molecule has 0 aliphatic carbocycles. The van der Waals surface area contributed by atoms with Gasteiger partial charge in [0, 0.05) is 5.69 Å². The molecular weight excluding hydrogens is 474 g/mol. The van der Waals surface area contributed by atoms with Gasteiger partial charge in [0.25, 0.3) is 10.0 Å². The molecule has 3 rings (SSSR count). The van der Waals surface area contributed by atoms with E-state index >= 15 is 0 Å². The molecule has 3 aromatic carbocycles. The van der Waals surface area contributed by atoms with Crippen molar-refractivity contribution in [1.82, 2.24) is 0 Å². The van der Waals surface area contributed by atoms with E-state index in [9.17, 15) is 21.6 Å². The maximum absolute atomic E-state index is 12.7. The van der Waals surface area contributed by atoms with Gasteiger partial charge in [0.15, 0.2) is 0 Å². The van der Waals surface area contributed by atoms with Crippen LogP contribution < -0.4 is 14.3 Å². The van der Waals surface area contributed by atoms with Gasteiger partial charge in [-0.3, -0.25) is 13.8 Å². The van der Waals surface area contributed by atoms with E-state index in [-0.39, 0.29) is 4.90 Å². The van der Waals surface area contributed by atoms with Gasteiger partial charge in [-0.1, -0.05) is 35.9 Å². The molecule has 180 valence electrons. The van der Waals surface area contributed by atoms with Gasteiger partial charge >= 0.3 is 0 Å². The molecule has 2 N–H and O–H groups in total. The second-order valence-electron chi connectivity index (χ2n) is 8.05. The summed E-state index contributed by atoms with van der Waals surface area (Å²) in [4.78, 5) is 12.6. The first-order valence-corrected chi connectivity index (χ1v) is 13.7. The zero-order valence-corrected chi connectivity index (χ0v) is 21.0. The molecule has 0 saturated heterocycles. The Morgan fingerprint density at radius 2 is 1.50 bits per heavy atom. The van der Waals surface area contributed by atoms with Crippen molar-refractivity contribution in [1.29, 1.82) is 0 Å². The summed E-state index contributed by atoms with van der Waals surface area (Å²) in [6.07, 6.45) is 1.04. The second-order valence-corrected chi connectivity index (χ2v) is 11.6. The van der Waals surface area contributed by atoms with E-state index in [1.54, 1.807) is 37.3 Å². The van der Waals surface area contributed by atoms with E-state index in [0.29, 0.717) is 22.6 Å². The quantitative estimate of drug-likeness (QED) is 0.487. The minimum absolute atomic E-state index is 0.0307. The van der Waals surface area contributed by atoms with Crippen molar-refractivity contribution >= 4 is 43.0 Å². The number of nitrogens with zero attached hydrogens (tertiary/aromatic N) is 1. The van der Waals surface area contributed by atoms with E-state index in [1.165, 1.54) is 24.3 Å². The van der Waals surface area contributed by atoms with Crippen molar-refractivity contribution in [3.63, 3.8) is 0 Å². The van der Waals surface area contributed by atoms with Gasteiger partial charge < -0.3 is 5.32 Å². The van der Waals surface area contributed by atoms with Crippen LogP contribution >= 0.6 is 0 Å². The maximum atomic E-state index is 12.7. The summed E-state index contributed by atoms with van der Waals surface area (Å²) >= 11 is 0. The fraction of sp³-hybridized carbons (Fsp3) is 0.208. The number of aryl methyl sites for hydroxylation is 3. The zero-order chi connectivity index (χ0) is 25.1. The predicted octanol–water partition coefficient (Wildman–Crippen LogP) is 3.82. The van der Waals surface area contributed by atoms with Crippen LogP contribution in [0.1, 0.15) is 16.7 Å². The molecule has 0 aromatic heterocycles. The molecule has 0 bridgehead atoms. The average molecular weight is 502 g/mol.